The van der Waals surface area contributed by atoms with Gasteiger partial charge in [0.25, 0.3) is 0 Å². The number of halogens is 3. The Morgan fingerprint density at radius 3 is 2.39 bits per heavy atom. The molecule has 1 aromatic rings. The zero-order valence-electron chi connectivity index (χ0n) is 10.4. The molecule has 1 aromatic carbocycles. The quantitative estimate of drug-likeness (QED) is 0.794. The lowest BCUT2D eigenvalue weighted by molar-refractivity contribution is -0.137. The molecule has 0 amide bonds. The standard InChI is InChI=1S/C13H18F3NO/c1-17(9-5-2-6-10-18)12-8-4-3-7-11(12)13(14,15)16/h3-4,7-8,18H,2,5-6,9-10H2,1H3. The van der Waals surface area contributed by atoms with Crippen LogP contribution in [0.4, 0.5) is 18.9 Å². The summed E-state index contributed by atoms with van der Waals surface area (Å²) in [6.45, 7) is 0.677. The Labute approximate surface area is 105 Å². The van der Waals surface area contributed by atoms with Crippen molar-refractivity contribution in [1.82, 2.24) is 0 Å². The first-order valence-corrected chi connectivity index (χ1v) is 5.95. The topological polar surface area (TPSA) is 23.5 Å². The normalized spacial score (nSPS) is 11.6. The molecule has 0 spiro atoms. The summed E-state index contributed by atoms with van der Waals surface area (Å²) in [4.78, 5) is 1.61. The van der Waals surface area contributed by atoms with Gasteiger partial charge in [0, 0.05) is 25.9 Å². The van der Waals surface area contributed by atoms with Crippen molar-refractivity contribution in [3.63, 3.8) is 0 Å². The summed E-state index contributed by atoms with van der Waals surface area (Å²) in [7, 11) is 1.66. The van der Waals surface area contributed by atoms with Crippen LogP contribution in [-0.4, -0.2) is 25.3 Å². The highest BCUT2D eigenvalue weighted by Crippen LogP contribution is 2.35. The van der Waals surface area contributed by atoms with Crippen LogP contribution in [0.1, 0.15) is 24.8 Å². The van der Waals surface area contributed by atoms with E-state index in [1.54, 1.807) is 18.0 Å². The smallest absolute Gasteiger partial charge is 0.396 e. The van der Waals surface area contributed by atoms with E-state index in [0.717, 1.165) is 18.9 Å². The van der Waals surface area contributed by atoms with Crippen molar-refractivity contribution in [2.45, 2.75) is 25.4 Å². The molecule has 0 fully saturated rings. The fourth-order valence-electron chi connectivity index (χ4n) is 1.80. The molecular formula is C13H18F3NO. The highest BCUT2D eigenvalue weighted by molar-refractivity contribution is 5.54. The number of rotatable bonds is 6. The van der Waals surface area contributed by atoms with E-state index in [-0.39, 0.29) is 12.3 Å². The van der Waals surface area contributed by atoms with Gasteiger partial charge in [0.15, 0.2) is 0 Å². The Hall–Kier alpha value is -1.23. The maximum atomic E-state index is 12.8. The van der Waals surface area contributed by atoms with E-state index in [2.05, 4.69) is 0 Å². The van der Waals surface area contributed by atoms with Crippen molar-refractivity contribution in [2.75, 3.05) is 25.1 Å². The molecule has 1 N–H and O–H groups in total. The van der Waals surface area contributed by atoms with Gasteiger partial charge in [-0.15, -0.1) is 0 Å². The monoisotopic (exact) mass is 261 g/mol. The molecule has 2 nitrogen and oxygen atoms in total. The number of benzene rings is 1. The molecule has 18 heavy (non-hydrogen) atoms. The van der Waals surface area contributed by atoms with Gasteiger partial charge in [0.1, 0.15) is 0 Å². The highest BCUT2D eigenvalue weighted by atomic mass is 19.4. The van der Waals surface area contributed by atoms with Crippen LogP contribution in [0.15, 0.2) is 24.3 Å². The van der Waals surface area contributed by atoms with Crippen LogP contribution in [0, 0.1) is 0 Å². The average molecular weight is 261 g/mol. The first-order valence-electron chi connectivity index (χ1n) is 5.95. The number of aliphatic hydroxyl groups excluding tert-OH is 1. The van der Waals surface area contributed by atoms with E-state index in [1.165, 1.54) is 12.1 Å². The fraction of sp³-hybridized carbons (Fsp3) is 0.538. The molecule has 0 saturated heterocycles. The minimum atomic E-state index is -4.32. The summed E-state index contributed by atoms with van der Waals surface area (Å²) >= 11 is 0. The van der Waals surface area contributed by atoms with Crippen molar-refractivity contribution < 1.29 is 18.3 Å². The summed E-state index contributed by atoms with van der Waals surface area (Å²) in [5.74, 6) is 0. The van der Waals surface area contributed by atoms with E-state index in [0.29, 0.717) is 13.0 Å². The van der Waals surface area contributed by atoms with Gasteiger partial charge in [-0.1, -0.05) is 12.1 Å². The Balaban J connectivity index is 2.70. The molecule has 0 aliphatic carbocycles. The Morgan fingerprint density at radius 2 is 1.78 bits per heavy atom. The van der Waals surface area contributed by atoms with E-state index in [4.69, 9.17) is 5.11 Å². The molecule has 0 saturated carbocycles. The number of unbranched alkanes of at least 4 members (excludes halogenated alkanes) is 2. The third kappa shape index (κ3) is 4.22. The molecule has 102 valence electrons. The SMILES string of the molecule is CN(CCCCCO)c1ccccc1C(F)(F)F. The van der Waals surface area contributed by atoms with Gasteiger partial charge >= 0.3 is 6.18 Å². The molecule has 0 heterocycles. The van der Waals surface area contributed by atoms with E-state index in [1.807, 2.05) is 0 Å². The van der Waals surface area contributed by atoms with E-state index in [9.17, 15) is 13.2 Å². The summed E-state index contributed by atoms with van der Waals surface area (Å²) in [6.07, 6.45) is -2.05. The summed E-state index contributed by atoms with van der Waals surface area (Å²) < 4.78 is 38.4. The first-order chi connectivity index (χ1) is 8.46. The second kappa shape index (κ2) is 6.64. The van der Waals surface area contributed by atoms with Gasteiger partial charge in [0.05, 0.1) is 5.56 Å². The molecule has 5 heteroatoms. The van der Waals surface area contributed by atoms with E-state index < -0.39 is 11.7 Å². The number of alkyl halides is 3. The summed E-state index contributed by atoms with van der Waals surface area (Å²) in [5.41, 5.74) is -0.399. The van der Waals surface area contributed by atoms with Gasteiger partial charge in [-0.3, -0.25) is 0 Å². The number of hydrogen-bond acceptors (Lipinski definition) is 2. The lowest BCUT2D eigenvalue weighted by Crippen LogP contribution is -2.22. The molecule has 0 unspecified atom stereocenters. The first kappa shape index (κ1) is 14.8. The van der Waals surface area contributed by atoms with Gasteiger partial charge in [-0.05, 0) is 31.4 Å². The van der Waals surface area contributed by atoms with Crippen LogP contribution in [0.2, 0.25) is 0 Å². The Bertz CT molecular complexity index is 365. The van der Waals surface area contributed by atoms with Gasteiger partial charge in [-0.25, -0.2) is 0 Å². The van der Waals surface area contributed by atoms with Crippen LogP contribution >= 0.6 is 0 Å². The molecule has 0 bridgehead atoms. The molecule has 0 aromatic heterocycles. The van der Waals surface area contributed by atoms with Crippen molar-refractivity contribution in [2.24, 2.45) is 0 Å². The van der Waals surface area contributed by atoms with Gasteiger partial charge in [0.2, 0.25) is 0 Å². The van der Waals surface area contributed by atoms with E-state index >= 15 is 0 Å². The maximum Gasteiger partial charge on any atom is 0.418 e. The molecular weight excluding hydrogens is 243 g/mol. The van der Waals surface area contributed by atoms with Crippen molar-refractivity contribution in [3.8, 4) is 0 Å². The summed E-state index contributed by atoms with van der Waals surface area (Å²) in [6, 6.07) is 5.58. The number of anilines is 1. The molecule has 1 rings (SSSR count). The predicted octanol–water partition coefficient (Wildman–Crippen LogP) is 3.30. The second-order valence-electron chi connectivity index (χ2n) is 4.22. The number of aliphatic hydroxyl groups is 1. The zero-order chi connectivity index (χ0) is 13.6. The Morgan fingerprint density at radius 1 is 1.11 bits per heavy atom. The minimum Gasteiger partial charge on any atom is -0.396 e. The largest absolute Gasteiger partial charge is 0.418 e. The van der Waals surface area contributed by atoms with Crippen LogP contribution in [0.25, 0.3) is 0 Å². The van der Waals surface area contributed by atoms with Gasteiger partial charge < -0.3 is 10.0 Å². The van der Waals surface area contributed by atoms with Crippen LogP contribution in [0.5, 0.6) is 0 Å². The third-order valence-electron chi connectivity index (χ3n) is 2.77. The number of hydrogen-bond donors (Lipinski definition) is 1. The molecule has 0 aliphatic heterocycles. The number of para-hydroxylation sites is 1. The molecule has 0 radical (unpaired) electrons. The average Bonchev–Trinajstić information content (AvgIpc) is 2.33. The van der Waals surface area contributed by atoms with Crippen molar-refractivity contribution in [3.05, 3.63) is 29.8 Å². The van der Waals surface area contributed by atoms with Crippen molar-refractivity contribution in [1.29, 1.82) is 0 Å². The number of nitrogens with zero attached hydrogens (tertiary/aromatic N) is 1. The van der Waals surface area contributed by atoms with Crippen LogP contribution in [0.3, 0.4) is 0 Å². The zero-order valence-corrected chi connectivity index (χ0v) is 10.4. The van der Waals surface area contributed by atoms with Gasteiger partial charge in [-0.2, -0.15) is 13.2 Å². The highest BCUT2D eigenvalue weighted by Gasteiger charge is 2.33. The Kier molecular flexibility index (Phi) is 5.47. The third-order valence-corrected chi connectivity index (χ3v) is 2.77. The minimum absolute atomic E-state index is 0.128. The fourth-order valence-corrected chi connectivity index (χ4v) is 1.80. The second-order valence-corrected chi connectivity index (χ2v) is 4.22. The maximum absolute atomic E-state index is 12.8. The van der Waals surface area contributed by atoms with Crippen LogP contribution < -0.4 is 4.90 Å². The molecule has 0 atom stereocenters. The van der Waals surface area contributed by atoms with Crippen LogP contribution in [-0.2, 0) is 6.18 Å². The lowest BCUT2D eigenvalue weighted by atomic mass is 10.1. The summed E-state index contributed by atoms with van der Waals surface area (Å²) in [5, 5.41) is 8.64. The molecule has 0 aliphatic rings. The predicted molar refractivity (Wildman–Crippen MR) is 65.7 cm³/mol. The lowest BCUT2D eigenvalue weighted by Gasteiger charge is -2.23. The van der Waals surface area contributed by atoms with Crippen molar-refractivity contribution >= 4 is 5.69 Å².